The molecule has 1 unspecified atom stereocenters. The lowest BCUT2D eigenvalue weighted by molar-refractivity contribution is -0.158. The van der Waals surface area contributed by atoms with E-state index in [2.05, 4.69) is 10.3 Å². The van der Waals surface area contributed by atoms with Crippen molar-refractivity contribution < 1.29 is 22.8 Å². The molecule has 9 heteroatoms. The molecule has 1 saturated carbocycles. The molecule has 1 aliphatic carbocycles. The number of carbonyl (C=O) groups excluding carboxylic acids is 2. The first kappa shape index (κ1) is 20.3. The number of pyridine rings is 1. The lowest BCUT2D eigenvalue weighted by Gasteiger charge is -2.21. The van der Waals surface area contributed by atoms with Gasteiger partial charge >= 0.3 is 6.18 Å². The van der Waals surface area contributed by atoms with Crippen molar-refractivity contribution in [2.24, 2.45) is 11.7 Å². The number of carbonyl (C=O) groups is 2. The average Bonchev–Trinajstić information content (AvgIpc) is 3.44. The number of benzene rings is 1. The summed E-state index contributed by atoms with van der Waals surface area (Å²) < 4.78 is 41.1. The van der Waals surface area contributed by atoms with Gasteiger partial charge in [-0.25, -0.2) is 0 Å². The molecule has 0 saturated heterocycles. The molecule has 1 atom stereocenters. The number of nitrogens with zero attached hydrogens (tertiary/aromatic N) is 1. The minimum atomic E-state index is -4.53. The zero-order chi connectivity index (χ0) is 21.6. The van der Waals surface area contributed by atoms with Crippen molar-refractivity contribution in [3.8, 4) is 10.4 Å². The normalized spacial score (nSPS) is 15.2. The Balaban J connectivity index is 1.85. The van der Waals surface area contributed by atoms with E-state index in [-0.39, 0.29) is 11.1 Å². The summed E-state index contributed by atoms with van der Waals surface area (Å²) in [6.45, 7) is 1.84. The van der Waals surface area contributed by atoms with Gasteiger partial charge in [0.15, 0.2) is 0 Å². The Morgan fingerprint density at radius 3 is 2.63 bits per heavy atom. The third-order valence-corrected chi connectivity index (χ3v) is 6.50. The first-order valence-corrected chi connectivity index (χ1v) is 10.1. The van der Waals surface area contributed by atoms with Crippen LogP contribution in [-0.2, 0) is 0 Å². The van der Waals surface area contributed by atoms with Crippen LogP contribution in [0.4, 0.5) is 13.2 Å². The highest BCUT2D eigenvalue weighted by Crippen LogP contribution is 2.42. The average molecular weight is 433 g/mol. The van der Waals surface area contributed by atoms with Crippen LogP contribution >= 0.6 is 11.3 Å². The molecular weight excluding hydrogens is 415 g/mol. The lowest BCUT2D eigenvalue weighted by atomic mass is 10.0. The van der Waals surface area contributed by atoms with Crippen molar-refractivity contribution in [2.45, 2.75) is 32.0 Å². The number of fused-ring (bicyclic) bond motifs is 1. The van der Waals surface area contributed by atoms with E-state index in [1.165, 1.54) is 29.7 Å². The molecule has 1 aliphatic rings. The van der Waals surface area contributed by atoms with Crippen molar-refractivity contribution in [3.63, 3.8) is 0 Å². The minimum Gasteiger partial charge on any atom is -0.366 e. The smallest absolute Gasteiger partial charge is 0.366 e. The van der Waals surface area contributed by atoms with Crippen molar-refractivity contribution >= 4 is 33.4 Å². The van der Waals surface area contributed by atoms with Gasteiger partial charge in [-0.3, -0.25) is 14.6 Å². The molecule has 2 heterocycles. The van der Waals surface area contributed by atoms with Crippen LogP contribution < -0.4 is 11.1 Å². The van der Waals surface area contributed by atoms with Crippen LogP contribution in [0, 0.1) is 12.8 Å². The second-order valence-electron chi connectivity index (χ2n) is 7.39. The van der Waals surface area contributed by atoms with E-state index >= 15 is 0 Å². The number of halogens is 3. The number of hydrogen-bond acceptors (Lipinski definition) is 4. The molecule has 0 radical (unpaired) electrons. The molecule has 3 N–H and O–H groups in total. The van der Waals surface area contributed by atoms with Crippen LogP contribution in [0.2, 0.25) is 0 Å². The number of rotatable bonds is 5. The number of aryl methyl sites for hydroxylation is 1. The molecule has 2 amide bonds. The maximum atomic E-state index is 13.5. The summed E-state index contributed by atoms with van der Waals surface area (Å²) in [5.74, 6) is -2.06. The molecule has 3 aromatic rings. The number of hydrogen-bond donors (Lipinski definition) is 2. The summed E-state index contributed by atoms with van der Waals surface area (Å²) in [7, 11) is 0. The third kappa shape index (κ3) is 3.77. The van der Waals surface area contributed by atoms with Gasteiger partial charge in [0.1, 0.15) is 6.04 Å². The summed E-state index contributed by atoms with van der Waals surface area (Å²) in [6.07, 6.45) is -2.15. The summed E-state index contributed by atoms with van der Waals surface area (Å²) in [6, 6.07) is 6.24. The molecular formula is C21H18F3N3O2S. The van der Waals surface area contributed by atoms with Gasteiger partial charge in [0.2, 0.25) is 5.91 Å². The number of thiophene rings is 1. The molecule has 5 nitrogen and oxygen atoms in total. The minimum absolute atomic E-state index is 0.0789. The van der Waals surface area contributed by atoms with Crippen LogP contribution in [0.25, 0.3) is 20.7 Å². The lowest BCUT2D eigenvalue weighted by Crippen LogP contribution is -2.47. The maximum Gasteiger partial charge on any atom is 0.408 e. The molecule has 4 rings (SSSR count). The zero-order valence-corrected chi connectivity index (χ0v) is 16.7. The van der Waals surface area contributed by atoms with Crippen LogP contribution in [0.3, 0.4) is 0 Å². The van der Waals surface area contributed by atoms with Gasteiger partial charge in [-0.05, 0) is 55.0 Å². The summed E-state index contributed by atoms with van der Waals surface area (Å²) in [5, 5.41) is 2.19. The molecule has 156 valence electrons. The van der Waals surface area contributed by atoms with E-state index in [1.54, 1.807) is 18.2 Å². The Morgan fingerprint density at radius 2 is 2.00 bits per heavy atom. The van der Waals surface area contributed by atoms with Crippen LogP contribution in [0.5, 0.6) is 0 Å². The number of aromatic nitrogens is 1. The zero-order valence-electron chi connectivity index (χ0n) is 15.9. The van der Waals surface area contributed by atoms with Gasteiger partial charge in [0.05, 0.1) is 15.8 Å². The van der Waals surface area contributed by atoms with Gasteiger partial charge < -0.3 is 11.1 Å². The number of nitrogens with one attached hydrogen (secondary N) is 1. The first-order valence-electron chi connectivity index (χ1n) is 9.32. The van der Waals surface area contributed by atoms with E-state index in [4.69, 9.17) is 5.73 Å². The highest BCUT2D eigenvalue weighted by molar-refractivity contribution is 7.23. The number of alkyl halides is 3. The third-order valence-electron chi connectivity index (χ3n) is 5.14. The summed E-state index contributed by atoms with van der Waals surface area (Å²) in [4.78, 5) is 29.4. The Hall–Kier alpha value is -2.94. The predicted octanol–water partition coefficient (Wildman–Crippen LogP) is 4.44. The van der Waals surface area contributed by atoms with Crippen molar-refractivity contribution in [3.05, 3.63) is 53.2 Å². The largest absolute Gasteiger partial charge is 0.408 e. The molecule has 2 aromatic heterocycles. The Morgan fingerprint density at radius 1 is 1.27 bits per heavy atom. The van der Waals surface area contributed by atoms with E-state index in [0.717, 1.165) is 5.56 Å². The molecule has 30 heavy (non-hydrogen) atoms. The molecule has 0 bridgehead atoms. The monoisotopic (exact) mass is 433 g/mol. The van der Waals surface area contributed by atoms with Gasteiger partial charge in [0, 0.05) is 16.6 Å². The van der Waals surface area contributed by atoms with E-state index < -0.39 is 30.0 Å². The van der Waals surface area contributed by atoms with E-state index in [1.807, 2.05) is 6.92 Å². The predicted molar refractivity (Wildman–Crippen MR) is 108 cm³/mol. The van der Waals surface area contributed by atoms with Gasteiger partial charge in [-0.1, -0.05) is 12.1 Å². The standard InChI is InChI=1S/C21H18F3N3O2S/c1-10-7-8-26-15-14(20(29)27-18(11-5-6-11)21(22,23)24)17(30-16(10)15)12-3-2-4-13(9-12)19(25)28/h2-4,7-9,11,18H,5-6H2,1H3,(H2,25,28)(H,27,29). The van der Waals surface area contributed by atoms with Gasteiger partial charge in [-0.2, -0.15) is 13.2 Å². The van der Waals surface area contributed by atoms with Crippen LogP contribution in [0.15, 0.2) is 36.5 Å². The van der Waals surface area contributed by atoms with E-state index in [9.17, 15) is 22.8 Å². The van der Waals surface area contributed by atoms with Crippen molar-refractivity contribution in [1.29, 1.82) is 0 Å². The van der Waals surface area contributed by atoms with Crippen LogP contribution in [0.1, 0.15) is 39.1 Å². The second-order valence-corrected chi connectivity index (χ2v) is 8.41. The van der Waals surface area contributed by atoms with Gasteiger partial charge in [0.25, 0.3) is 5.91 Å². The molecule has 1 aromatic carbocycles. The molecule has 1 fully saturated rings. The number of amides is 2. The fraction of sp³-hybridized carbons (Fsp3) is 0.286. The highest BCUT2D eigenvalue weighted by Gasteiger charge is 2.50. The van der Waals surface area contributed by atoms with E-state index in [0.29, 0.717) is 33.5 Å². The van der Waals surface area contributed by atoms with Crippen molar-refractivity contribution in [2.75, 3.05) is 0 Å². The van der Waals surface area contributed by atoms with Gasteiger partial charge in [-0.15, -0.1) is 11.3 Å². The highest BCUT2D eigenvalue weighted by atomic mass is 32.1. The Labute approximate surface area is 174 Å². The fourth-order valence-corrected chi connectivity index (χ4v) is 4.67. The SMILES string of the molecule is Cc1ccnc2c(C(=O)NC(C3CC3)C(F)(F)F)c(-c3cccc(C(N)=O)c3)sc12. The quantitative estimate of drug-likeness (QED) is 0.624. The number of nitrogens with two attached hydrogens (primary N) is 1. The Bertz CT molecular complexity index is 1150. The fourth-order valence-electron chi connectivity index (χ4n) is 3.45. The topological polar surface area (TPSA) is 85.1 Å². The molecule has 0 spiro atoms. The summed E-state index contributed by atoms with van der Waals surface area (Å²) in [5.41, 5.74) is 7.40. The number of primary amides is 1. The van der Waals surface area contributed by atoms with Crippen molar-refractivity contribution in [1.82, 2.24) is 10.3 Å². The second kappa shape index (κ2) is 7.39. The maximum absolute atomic E-state index is 13.5. The first-order chi connectivity index (χ1) is 14.2. The summed E-state index contributed by atoms with van der Waals surface area (Å²) >= 11 is 1.25. The Kier molecular flexibility index (Phi) is 5.01. The van der Waals surface area contributed by atoms with Crippen LogP contribution in [-0.4, -0.2) is 29.0 Å². The molecule has 0 aliphatic heterocycles.